The van der Waals surface area contributed by atoms with Crippen molar-refractivity contribution >= 4 is 47.4 Å². The average Bonchev–Trinajstić information content (AvgIpc) is 3.24. The van der Waals surface area contributed by atoms with Gasteiger partial charge in [-0.1, -0.05) is 62.7 Å². The second kappa shape index (κ2) is 28.2. The molecule has 0 radical (unpaired) electrons. The van der Waals surface area contributed by atoms with Gasteiger partial charge in [0.25, 0.3) is 0 Å². The third-order valence-corrected chi connectivity index (χ3v) is 10.2. The number of nitrogens with one attached hydrogen (secondary N) is 5. The van der Waals surface area contributed by atoms with E-state index in [9.17, 15) is 33.9 Å². The summed E-state index contributed by atoms with van der Waals surface area (Å²) in [5.41, 5.74) is 40.4. The first-order valence-corrected chi connectivity index (χ1v) is 21.1. The zero-order valence-corrected chi connectivity index (χ0v) is 36.3. The molecule has 348 valence electrons. The molecule has 63 heavy (non-hydrogen) atoms. The molecular weight excluding hydrogens is 813 g/mol. The fraction of sp³-hybridized carbons (Fsp3) is 0.524. The third kappa shape index (κ3) is 20.3. The van der Waals surface area contributed by atoms with Crippen LogP contribution in [0.25, 0.3) is 0 Å². The van der Waals surface area contributed by atoms with Gasteiger partial charge in [0.1, 0.15) is 36.0 Å². The van der Waals surface area contributed by atoms with Crippen molar-refractivity contribution in [2.24, 2.45) is 56.0 Å². The number of nitrogens with two attached hydrogens (primary N) is 7. The van der Waals surface area contributed by atoms with E-state index in [0.717, 1.165) is 0 Å². The number of unbranched alkanes of at least 4 members (excludes halogenated alkanes) is 1. The smallest absolute Gasteiger partial charge is 0.243 e. The molecule has 6 amide bonds. The minimum absolute atomic E-state index is 0.000163. The molecule has 21 heteroatoms. The van der Waals surface area contributed by atoms with Crippen LogP contribution >= 0.6 is 0 Å². The second-order valence-electron chi connectivity index (χ2n) is 15.4. The Morgan fingerprint density at radius 1 is 0.587 bits per heavy atom. The number of nitrogens with zero attached hydrogens (tertiary/aromatic N) is 2. The zero-order valence-electron chi connectivity index (χ0n) is 36.3. The Bertz CT molecular complexity index is 1820. The third-order valence-electron chi connectivity index (χ3n) is 10.2. The van der Waals surface area contributed by atoms with E-state index < -0.39 is 77.6 Å². The lowest BCUT2D eigenvalue weighted by Gasteiger charge is -2.29. The monoisotopic (exact) mass is 881 g/mol. The fourth-order valence-corrected chi connectivity index (χ4v) is 6.38. The highest BCUT2D eigenvalue weighted by atomic mass is 16.3. The van der Waals surface area contributed by atoms with Gasteiger partial charge >= 0.3 is 0 Å². The summed E-state index contributed by atoms with van der Waals surface area (Å²) in [6, 6.07) is 7.89. The standard InChI is InChI=1S/C42H68N14O7/c1-3-25(2)34(40(63)52-30(35(45)58)14-7-8-20-43)56-37(60)31(15-10-22-51-42(48)49)53-38(61)33(24-27-16-18-28(57)19-17-27)55-39(62)32(23-26-11-5-4-6-12-26)54-36(59)29(44)13-9-21-50-41(46)47/h4-6,11-12,16-19,25,29-34,57H,3,7-10,13-15,20-24,43-44H2,1-2H3,(H2,45,58)(H,52,63)(H,53,61)(H,54,59)(H,55,62)(H,56,60)(H4,46,47,50)(H4,48,49,51). The molecule has 0 aromatic heterocycles. The van der Waals surface area contributed by atoms with Crippen LogP contribution in [0.1, 0.15) is 76.3 Å². The molecule has 2 aromatic rings. The van der Waals surface area contributed by atoms with Crippen LogP contribution < -0.4 is 66.7 Å². The number of primary amides is 1. The number of hydrogen-bond acceptors (Lipinski definition) is 11. The van der Waals surface area contributed by atoms with Gasteiger partial charge in [0.05, 0.1) is 6.04 Å². The zero-order chi connectivity index (χ0) is 46.9. The minimum atomic E-state index is -1.34. The molecule has 2 aromatic carbocycles. The number of benzene rings is 2. The molecule has 0 heterocycles. The number of phenols is 1. The number of aliphatic imine (C=N–C) groups is 2. The van der Waals surface area contributed by atoms with Gasteiger partial charge in [-0.15, -0.1) is 0 Å². The lowest BCUT2D eigenvalue weighted by atomic mass is 9.96. The Balaban J connectivity index is 2.47. The van der Waals surface area contributed by atoms with Gasteiger partial charge in [-0.25, -0.2) is 0 Å². The first-order chi connectivity index (χ1) is 29.9. The normalized spacial score (nSPS) is 14.2. The summed E-state index contributed by atoms with van der Waals surface area (Å²) in [6.45, 7) is 4.31. The predicted octanol–water partition coefficient (Wildman–Crippen LogP) is -2.30. The first-order valence-electron chi connectivity index (χ1n) is 21.1. The maximum absolute atomic E-state index is 14.4. The van der Waals surface area contributed by atoms with Gasteiger partial charge in [0.2, 0.25) is 35.4 Å². The Morgan fingerprint density at radius 2 is 1.06 bits per heavy atom. The summed E-state index contributed by atoms with van der Waals surface area (Å²) in [7, 11) is 0. The molecule has 20 N–H and O–H groups in total. The van der Waals surface area contributed by atoms with E-state index in [0.29, 0.717) is 43.4 Å². The molecule has 0 aliphatic heterocycles. The van der Waals surface area contributed by atoms with Crippen LogP contribution in [-0.2, 0) is 41.6 Å². The summed E-state index contributed by atoms with van der Waals surface area (Å²) in [6.07, 6.45) is 2.60. The molecule has 2 rings (SSSR count). The SMILES string of the molecule is CCC(C)C(NC(=O)C(CCCN=C(N)N)NC(=O)C(Cc1ccc(O)cc1)NC(=O)C(Cc1ccccc1)NC(=O)C(N)CCCN=C(N)N)C(=O)NC(CCCCN)C(N)=O. The number of amides is 6. The molecule has 0 aliphatic rings. The van der Waals surface area contributed by atoms with Crippen LogP contribution in [-0.4, -0.2) is 108 Å². The Morgan fingerprint density at radius 3 is 1.59 bits per heavy atom. The number of guanidine groups is 2. The number of rotatable bonds is 29. The Labute approximate surface area is 368 Å². The van der Waals surface area contributed by atoms with Gasteiger partial charge in [-0.2, -0.15) is 0 Å². The maximum atomic E-state index is 14.4. The van der Waals surface area contributed by atoms with Crippen LogP contribution in [0.15, 0.2) is 64.6 Å². The second-order valence-corrected chi connectivity index (χ2v) is 15.4. The van der Waals surface area contributed by atoms with E-state index in [4.69, 9.17) is 40.1 Å². The van der Waals surface area contributed by atoms with Crippen molar-refractivity contribution < 1.29 is 33.9 Å². The highest BCUT2D eigenvalue weighted by Gasteiger charge is 2.34. The van der Waals surface area contributed by atoms with E-state index in [2.05, 4.69) is 36.6 Å². The summed E-state index contributed by atoms with van der Waals surface area (Å²) >= 11 is 0. The van der Waals surface area contributed by atoms with Crippen LogP contribution in [0.4, 0.5) is 0 Å². The first kappa shape index (κ1) is 52.7. The van der Waals surface area contributed by atoms with Crippen LogP contribution in [0.3, 0.4) is 0 Å². The highest BCUT2D eigenvalue weighted by Crippen LogP contribution is 2.15. The molecule has 0 saturated carbocycles. The van der Waals surface area contributed by atoms with Crippen molar-refractivity contribution in [3.8, 4) is 5.75 Å². The molecule has 0 bridgehead atoms. The van der Waals surface area contributed by atoms with E-state index >= 15 is 0 Å². The van der Waals surface area contributed by atoms with Crippen LogP contribution in [0, 0.1) is 5.92 Å². The molecule has 0 spiro atoms. The van der Waals surface area contributed by atoms with Crippen molar-refractivity contribution in [2.45, 2.75) is 114 Å². The predicted molar refractivity (Wildman–Crippen MR) is 241 cm³/mol. The molecule has 7 atom stereocenters. The maximum Gasteiger partial charge on any atom is 0.243 e. The Hall–Kier alpha value is -6.48. The molecule has 7 unspecified atom stereocenters. The number of carbonyl (C=O) groups excluding carboxylic acids is 6. The van der Waals surface area contributed by atoms with E-state index in [-0.39, 0.29) is 69.3 Å². The molecule has 0 aliphatic carbocycles. The van der Waals surface area contributed by atoms with Crippen molar-refractivity contribution in [3.05, 3.63) is 65.7 Å². The van der Waals surface area contributed by atoms with Gasteiger partial charge in [0.15, 0.2) is 11.9 Å². The lowest BCUT2D eigenvalue weighted by Crippen LogP contribution is -2.60. The minimum Gasteiger partial charge on any atom is -0.508 e. The molecule has 21 nitrogen and oxygen atoms in total. The average molecular weight is 881 g/mol. The molecule has 0 fully saturated rings. The van der Waals surface area contributed by atoms with Crippen molar-refractivity contribution in [2.75, 3.05) is 19.6 Å². The summed E-state index contributed by atoms with van der Waals surface area (Å²) in [5, 5.41) is 23.6. The fourth-order valence-electron chi connectivity index (χ4n) is 6.38. The van der Waals surface area contributed by atoms with Gasteiger partial charge in [-0.3, -0.25) is 38.8 Å². The van der Waals surface area contributed by atoms with Gasteiger partial charge in [-0.05, 0) is 80.7 Å². The van der Waals surface area contributed by atoms with Crippen LogP contribution in [0.2, 0.25) is 0 Å². The van der Waals surface area contributed by atoms with E-state index in [1.165, 1.54) is 12.1 Å². The number of phenolic OH excluding ortho intramolecular Hbond substituents is 1. The summed E-state index contributed by atoms with van der Waals surface area (Å²) < 4.78 is 0. The van der Waals surface area contributed by atoms with E-state index in [1.54, 1.807) is 49.4 Å². The molecular formula is C42H68N14O7. The number of aromatic hydroxyl groups is 1. The Kier molecular flexibility index (Phi) is 23.6. The summed E-state index contributed by atoms with van der Waals surface area (Å²) in [4.78, 5) is 89.8. The highest BCUT2D eigenvalue weighted by molar-refractivity contribution is 5.97. The van der Waals surface area contributed by atoms with Crippen molar-refractivity contribution in [1.82, 2.24) is 26.6 Å². The van der Waals surface area contributed by atoms with Crippen molar-refractivity contribution in [3.63, 3.8) is 0 Å². The molecule has 0 saturated heterocycles. The van der Waals surface area contributed by atoms with Gasteiger partial charge in [0, 0.05) is 25.9 Å². The van der Waals surface area contributed by atoms with Crippen LogP contribution in [0.5, 0.6) is 5.75 Å². The van der Waals surface area contributed by atoms with Gasteiger partial charge < -0.3 is 71.8 Å². The number of carbonyl (C=O) groups is 6. The lowest BCUT2D eigenvalue weighted by molar-refractivity contribution is -0.135. The van der Waals surface area contributed by atoms with Crippen molar-refractivity contribution in [1.29, 1.82) is 0 Å². The quantitative estimate of drug-likeness (QED) is 0.0233. The largest absolute Gasteiger partial charge is 0.508 e. The topological polar surface area (TPSA) is 390 Å². The summed E-state index contributed by atoms with van der Waals surface area (Å²) in [5.74, 6) is -4.96. The number of hydrogen-bond donors (Lipinski definition) is 13. The van der Waals surface area contributed by atoms with E-state index in [1.807, 2.05) is 6.92 Å².